The minimum absolute atomic E-state index is 0.109. The minimum atomic E-state index is -0.133. The maximum atomic E-state index is 11.7. The Kier molecular flexibility index (Phi) is 9.98. The summed E-state index contributed by atoms with van der Waals surface area (Å²) in [7, 11) is 0. The van der Waals surface area contributed by atoms with E-state index in [4.69, 9.17) is 4.74 Å². The number of hydrogen-bond donors (Lipinski definition) is 0. The number of hydrogen-bond acceptors (Lipinski definition) is 4. The van der Waals surface area contributed by atoms with Crippen LogP contribution in [0.25, 0.3) is 0 Å². The van der Waals surface area contributed by atoms with Gasteiger partial charge in [-0.25, -0.2) is 0 Å². The molecule has 1 atom stereocenters. The van der Waals surface area contributed by atoms with Gasteiger partial charge in [0.15, 0.2) is 0 Å². The second kappa shape index (κ2) is 10.3. The molecule has 18 heavy (non-hydrogen) atoms. The van der Waals surface area contributed by atoms with Gasteiger partial charge in [0.25, 0.3) is 0 Å². The summed E-state index contributed by atoms with van der Waals surface area (Å²) in [6, 6.07) is -0.133. The van der Waals surface area contributed by atoms with E-state index in [9.17, 15) is 4.79 Å². The molecule has 0 aliphatic rings. The van der Waals surface area contributed by atoms with Crippen molar-refractivity contribution in [3.05, 3.63) is 0 Å². The fourth-order valence-electron chi connectivity index (χ4n) is 2.07. The summed E-state index contributed by atoms with van der Waals surface area (Å²) >= 11 is 0. The third-order valence-electron chi connectivity index (χ3n) is 3.40. The molecule has 4 heteroatoms. The van der Waals surface area contributed by atoms with E-state index in [0.717, 1.165) is 39.1 Å². The maximum Gasteiger partial charge on any atom is 0.323 e. The second-order valence-corrected chi connectivity index (χ2v) is 4.44. The minimum Gasteiger partial charge on any atom is -0.465 e. The van der Waals surface area contributed by atoms with Gasteiger partial charge in [0.05, 0.1) is 6.61 Å². The van der Waals surface area contributed by atoms with Gasteiger partial charge in [-0.1, -0.05) is 20.8 Å². The molecule has 0 saturated heterocycles. The Bertz CT molecular complexity index is 218. The van der Waals surface area contributed by atoms with Crippen LogP contribution in [0.4, 0.5) is 0 Å². The van der Waals surface area contributed by atoms with E-state index in [1.165, 1.54) is 0 Å². The van der Waals surface area contributed by atoms with Gasteiger partial charge in [0.2, 0.25) is 0 Å². The Morgan fingerprint density at radius 3 is 2.11 bits per heavy atom. The standard InChI is InChI=1S/C14H30N2O2/c1-6-15(7-2)11-10-12-16(8-3)13(5)14(17)18-9-4/h13H,6-12H2,1-5H3. The van der Waals surface area contributed by atoms with Crippen LogP contribution in [0.3, 0.4) is 0 Å². The van der Waals surface area contributed by atoms with Crippen LogP contribution >= 0.6 is 0 Å². The van der Waals surface area contributed by atoms with Crippen molar-refractivity contribution in [3.63, 3.8) is 0 Å². The molecular weight excluding hydrogens is 228 g/mol. The summed E-state index contributed by atoms with van der Waals surface area (Å²) in [5, 5.41) is 0. The molecule has 0 aromatic heterocycles. The Hall–Kier alpha value is -0.610. The maximum absolute atomic E-state index is 11.7. The predicted molar refractivity (Wildman–Crippen MR) is 75.7 cm³/mol. The van der Waals surface area contributed by atoms with E-state index >= 15 is 0 Å². The lowest BCUT2D eigenvalue weighted by molar-refractivity contribution is -0.148. The molecule has 0 rings (SSSR count). The number of ether oxygens (including phenoxy) is 1. The monoisotopic (exact) mass is 258 g/mol. The van der Waals surface area contributed by atoms with Crippen LogP contribution in [0.5, 0.6) is 0 Å². The molecule has 0 N–H and O–H groups in total. The van der Waals surface area contributed by atoms with Crippen molar-refractivity contribution in [3.8, 4) is 0 Å². The summed E-state index contributed by atoms with van der Waals surface area (Å²) in [4.78, 5) is 16.3. The highest BCUT2D eigenvalue weighted by Crippen LogP contribution is 2.03. The van der Waals surface area contributed by atoms with Crippen LogP contribution in [0.1, 0.15) is 41.0 Å². The fourth-order valence-corrected chi connectivity index (χ4v) is 2.07. The molecule has 0 radical (unpaired) electrons. The van der Waals surface area contributed by atoms with Crippen LogP contribution < -0.4 is 0 Å². The lowest BCUT2D eigenvalue weighted by Crippen LogP contribution is -2.41. The molecule has 0 aliphatic carbocycles. The van der Waals surface area contributed by atoms with Gasteiger partial charge >= 0.3 is 5.97 Å². The summed E-state index contributed by atoms with van der Waals surface area (Å²) < 4.78 is 5.07. The van der Waals surface area contributed by atoms with Crippen molar-refractivity contribution in [2.45, 2.75) is 47.1 Å². The van der Waals surface area contributed by atoms with E-state index < -0.39 is 0 Å². The first-order chi connectivity index (χ1) is 8.60. The molecular formula is C14H30N2O2. The summed E-state index contributed by atoms with van der Waals surface area (Å²) in [5.74, 6) is -0.109. The van der Waals surface area contributed by atoms with Crippen LogP contribution in [-0.4, -0.2) is 61.1 Å². The zero-order valence-corrected chi connectivity index (χ0v) is 12.7. The van der Waals surface area contributed by atoms with Gasteiger partial charge in [-0.2, -0.15) is 0 Å². The van der Waals surface area contributed by atoms with E-state index in [2.05, 4.69) is 30.6 Å². The first-order valence-electron chi connectivity index (χ1n) is 7.23. The van der Waals surface area contributed by atoms with Gasteiger partial charge in [-0.05, 0) is 46.4 Å². The normalized spacial score (nSPS) is 13.1. The molecule has 0 spiro atoms. The van der Waals surface area contributed by atoms with Crippen LogP contribution in [0, 0.1) is 0 Å². The van der Waals surface area contributed by atoms with Crippen LogP contribution in [-0.2, 0) is 9.53 Å². The van der Waals surface area contributed by atoms with E-state index in [0.29, 0.717) is 6.61 Å². The largest absolute Gasteiger partial charge is 0.465 e. The molecule has 0 saturated carbocycles. The first kappa shape index (κ1) is 17.4. The first-order valence-corrected chi connectivity index (χ1v) is 7.23. The van der Waals surface area contributed by atoms with Crippen molar-refractivity contribution in [1.29, 1.82) is 0 Å². The lowest BCUT2D eigenvalue weighted by atomic mass is 10.2. The summed E-state index contributed by atoms with van der Waals surface area (Å²) in [5.41, 5.74) is 0. The zero-order chi connectivity index (χ0) is 14.0. The molecule has 0 aliphatic heterocycles. The molecule has 4 nitrogen and oxygen atoms in total. The Morgan fingerprint density at radius 2 is 1.67 bits per heavy atom. The second-order valence-electron chi connectivity index (χ2n) is 4.44. The number of carbonyl (C=O) groups excluding carboxylic acids is 1. The molecule has 0 aromatic carbocycles. The highest BCUT2D eigenvalue weighted by atomic mass is 16.5. The third-order valence-corrected chi connectivity index (χ3v) is 3.40. The van der Waals surface area contributed by atoms with E-state index in [1.807, 2.05) is 13.8 Å². The van der Waals surface area contributed by atoms with E-state index in [1.54, 1.807) is 0 Å². The lowest BCUT2D eigenvalue weighted by Gasteiger charge is -2.27. The highest BCUT2D eigenvalue weighted by molar-refractivity contribution is 5.75. The Morgan fingerprint density at radius 1 is 1.06 bits per heavy atom. The molecule has 0 aromatic rings. The SMILES string of the molecule is CCOC(=O)C(C)N(CC)CCCN(CC)CC. The molecule has 0 fully saturated rings. The Balaban J connectivity index is 4.06. The van der Waals surface area contributed by atoms with Gasteiger partial charge in [0.1, 0.15) is 6.04 Å². The molecule has 1 unspecified atom stereocenters. The molecule has 0 heterocycles. The number of nitrogens with zero attached hydrogens (tertiary/aromatic N) is 2. The van der Waals surface area contributed by atoms with Gasteiger partial charge in [-0.3, -0.25) is 9.69 Å². The number of carbonyl (C=O) groups is 1. The fraction of sp³-hybridized carbons (Fsp3) is 0.929. The number of esters is 1. The smallest absolute Gasteiger partial charge is 0.323 e. The van der Waals surface area contributed by atoms with Crippen molar-refractivity contribution in [2.24, 2.45) is 0 Å². The summed E-state index contributed by atoms with van der Waals surface area (Å²) in [6.45, 7) is 15.8. The van der Waals surface area contributed by atoms with Crippen molar-refractivity contribution in [1.82, 2.24) is 9.80 Å². The average molecular weight is 258 g/mol. The topological polar surface area (TPSA) is 32.8 Å². The van der Waals surface area contributed by atoms with Crippen molar-refractivity contribution >= 4 is 5.97 Å². The van der Waals surface area contributed by atoms with Crippen molar-refractivity contribution < 1.29 is 9.53 Å². The molecule has 0 bridgehead atoms. The number of likely N-dealkylation sites (N-methyl/N-ethyl adjacent to an activating group) is 1. The Labute approximate surface area is 112 Å². The number of rotatable bonds is 10. The van der Waals surface area contributed by atoms with Gasteiger partial charge < -0.3 is 9.64 Å². The molecule has 0 amide bonds. The zero-order valence-electron chi connectivity index (χ0n) is 12.7. The van der Waals surface area contributed by atoms with Gasteiger partial charge in [0, 0.05) is 6.54 Å². The van der Waals surface area contributed by atoms with Crippen LogP contribution in [0.2, 0.25) is 0 Å². The predicted octanol–water partition coefficient (Wildman–Crippen LogP) is 1.99. The average Bonchev–Trinajstić information content (AvgIpc) is 2.39. The quantitative estimate of drug-likeness (QED) is 0.561. The van der Waals surface area contributed by atoms with Gasteiger partial charge in [-0.15, -0.1) is 0 Å². The summed E-state index contributed by atoms with van der Waals surface area (Å²) in [6.07, 6.45) is 1.10. The third kappa shape index (κ3) is 6.36. The van der Waals surface area contributed by atoms with E-state index in [-0.39, 0.29) is 12.0 Å². The van der Waals surface area contributed by atoms with Crippen molar-refractivity contribution in [2.75, 3.05) is 39.3 Å². The van der Waals surface area contributed by atoms with Crippen LogP contribution in [0.15, 0.2) is 0 Å². The molecule has 108 valence electrons. The highest BCUT2D eigenvalue weighted by Gasteiger charge is 2.20.